The molecule has 0 atom stereocenters. The second kappa shape index (κ2) is 20.1. The molecule has 0 spiro atoms. The first kappa shape index (κ1) is 42.8. The van der Waals surface area contributed by atoms with Crippen LogP contribution in [0.4, 0.5) is 0 Å². The molecule has 15 heteroatoms. The molecule has 0 heterocycles. The van der Waals surface area contributed by atoms with Gasteiger partial charge in [-0.1, -0.05) is 0 Å². The largest absolute Gasteiger partial charge is 1.00 e. The fourth-order valence-corrected chi connectivity index (χ4v) is 0. The van der Waals surface area contributed by atoms with E-state index < -0.39 is 15.6 Å². The van der Waals surface area contributed by atoms with Gasteiger partial charge < -0.3 is 40.3 Å². The standard InChI is InChI=1S/K.2Na.2H3O4P.2H2O/c;;;2*1-5(2,3)4;;/h;;;2*(H3,1,2,3,4);2*1H2/q3*+1;;;;/p-3. The van der Waals surface area contributed by atoms with Gasteiger partial charge in [0.2, 0.25) is 0 Å². The summed E-state index contributed by atoms with van der Waals surface area (Å²) in [6.45, 7) is 0. The zero-order chi connectivity index (χ0) is 9.00. The minimum absolute atomic E-state index is 0. The Morgan fingerprint density at radius 3 is 0.800 bits per heavy atom. The molecule has 0 aliphatic carbocycles. The zero-order valence-corrected chi connectivity index (χ0v) is 17.2. The normalized spacial score (nSPS) is 7.87. The third kappa shape index (κ3) is 310. The first-order chi connectivity index (χ1) is 4.00. The smallest absolute Gasteiger partial charge is 0.870 e. The van der Waals surface area contributed by atoms with Crippen LogP contribution >= 0.6 is 15.6 Å². The molecule has 0 aromatic carbocycles. The first-order valence-corrected chi connectivity index (χ1v) is 4.64. The monoisotopic (exact) mass is 314 g/mol. The van der Waals surface area contributed by atoms with Gasteiger partial charge in [0.05, 0.1) is 0 Å². The maximum absolute atomic E-state index is 8.88. The van der Waals surface area contributed by atoms with Crippen LogP contribution in [0.3, 0.4) is 0 Å². The van der Waals surface area contributed by atoms with E-state index in [1.165, 1.54) is 0 Å². The van der Waals surface area contributed by atoms with Crippen molar-refractivity contribution < 1.29 is 160 Å². The molecule has 0 amide bonds. The van der Waals surface area contributed by atoms with E-state index in [2.05, 4.69) is 0 Å². The third-order valence-electron chi connectivity index (χ3n) is 0. The summed E-state index contributed by atoms with van der Waals surface area (Å²) in [4.78, 5) is 44.5. The summed E-state index contributed by atoms with van der Waals surface area (Å²) in [5.74, 6) is 0. The van der Waals surface area contributed by atoms with Crippen molar-refractivity contribution >= 4 is 15.6 Å². The molecule has 0 saturated carbocycles. The van der Waals surface area contributed by atoms with E-state index in [1.54, 1.807) is 0 Å². The van der Waals surface area contributed by atoms with Crippen LogP contribution in [0.15, 0.2) is 0 Å². The van der Waals surface area contributed by atoms with Gasteiger partial charge in [0.15, 0.2) is 0 Å². The third-order valence-corrected chi connectivity index (χ3v) is 0. The summed E-state index contributed by atoms with van der Waals surface area (Å²) in [6, 6.07) is 0. The molecule has 0 aromatic rings. The molecule has 0 unspecified atom stereocenters. The molecular weight excluding hydrogens is 307 g/mol. The van der Waals surface area contributed by atoms with Gasteiger partial charge in [-0.15, -0.1) is 0 Å². The van der Waals surface area contributed by atoms with Crippen molar-refractivity contribution in [1.29, 1.82) is 0 Å². The van der Waals surface area contributed by atoms with E-state index in [-0.39, 0.29) is 121 Å². The zero-order valence-electron chi connectivity index (χ0n) is 8.25. The minimum Gasteiger partial charge on any atom is -0.870 e. The van der Waals surface area contributed by atoms with Crippen molar-refractivity contribution in [3.63, 3.8) is 0 Å². The molecule has 10 nitrogen and oxygen atoms in total. The molecule has 7 N–H and O–H groups in total. The SMILES string of the molecule is O=P(O)(O)O.O=P([O-])(O)O.[K+].[Na+].[Na+].[OH-].[OH-]. The molecule has 0 rings (SSSR count). The van der Waals surface area contributed by atoms with Crippen molar-refractivity contribution in [2.75, 3.05) is 0 Å². The number of hydrogen-bond acceptors (Lipinski definition) is 5. The maximum atomic E-state index is 8.88. The van der Waals surface area contributed by atoms with E-state index in [0.29, 0.717) is 0 Å². The Hall–Kier alpha value is 3.78. The fourth-order valence-electron chi connectivity index (χ4n) is 0. The molecule has 80 valence electrons. The Labute approximate surface area is 172 Å². The fraction of sp³-hybridized carbons (Fsp3) is 0. The van der Waals surface area contributed by atoms with Gasteiger partial charge in [0, 0.05) is 0 Å². The first-order valence-electron chi connectivity index (χ1n) is 1.55. The average Bonchev–Trinajstić information content (AvgIpc) is 1.12. The van der Waals surface area contributed by atoms with Crippen molar-refractivity contribution in [3.8, 4) is 0 Å². The predicted octanol–water partition coefficient (Wildman–Crippen LogP) is -11.8. The van der Waals surface area contributed by atoms with Gasteiger partial charge in [-0.25, -0.2) is 4.57 Å². The molecule has 0 aromatic heterocycles. The Balaban J connectivity index is -0.0000000128. The predicted molar refractivity (Wildman–Crippen MR) is 30.2 cm³/mol. The molecule has 0 radical (unpaired) electrons. The number of phosphoric acid groups is 2. The summed E-state index contributed by atoms with van der Waals surface area (Å²) >= 11 is 0. The quantitative estimate of drug-likeness (QED) is 0.210. The summed E-state index contributed by atoms with van der Waals surface area (Å²) in [5.41, 5.74) is 0. The van der Waals surface area contributed by atoms with Crippen LogP contribution in [0.5, 0.6) is 0 Å². The van der Waals surface area contributed by atoms with Gasteiger partial charge >= 0.3 is 118 Å². The summed E-state index contributed by atoms with van der Waals surface area (Å²) < 4.78 is 17.7. The summed E-state index contributed by atoms with van der Waals surface area (Å²) in [6.07, 6.45) is 0. The molecule has 0 aliphatic heterocycles. The van der Waals surface area contributed by atoms with Crippen LogP contribution in [-0.2, 0) is 9.13 Å². The number of rotatable bonds is 0. The molecule has 0 fully saturated rings. The van der Waals surface area contributed by atoms with Crippen LogP contribution in [0.25, 0.3) is 0 Å². The van der Waals surface area contributed by atoms with Crippen molar-refractivity contribution in [1.82, 2.24) is 0 Å². The molecule has 15 heavy (non-hydrogen) atoms. The van der Waals surface area contributed by atoms with E-state index in [4.69, 9.17) is 38.5 Å². The van der Waals surface area contributed by atoms with Gasteiger partial charge in [0.25, 0.3) is 7.82 Å². The van der Waals surface area contributed by atoms with Crippen molar-refractivity contribution in [2.24, 2.45) is 0 Å². The second-order valence-corrected chi connectivity index (χ2v) is 3.01. The topological polar surface area (TPSA) is 218 Å². The van der Waals surface area contributed by atoms with Gasteiger partial charge in [-0.3, -0.25) is 4.57 Å². The molecular formula is H7KNa2O10P2. The summed E-state index contributed by atoms with van der Waals surface area (Å²) in [5, 5.41) is 0. The average molecular weight is 314 g/mol. The van der Waals surface area contributed by atoms with E-state index in [1.807, 2.05) is 0 Å². The van der Waals surface area contributed by atoms with Crippen molar-refractivity contribution in [3.05, 3.63) is 0 Å². The Kier molecular flexibility index (Phi) is 57.3. The number of hydrogen-bond donors (Lipinski definition) is 5. The molecule has 0 aliphatic rings. The Morgan fingerprint density at radius 2 is 0.800 bits per heavy atom. The maximum Gasteiger partial charge on any atom is 1.00 e. The Bertz CT molecular complexity index is 134. The van der Waals surface area contributed by atoms with Crippen LogP contribution in [-0.4, -0.2) is 35.4 Å². The van der Waals surface area contributed by atoms with Crippen LogP contribution in [0, 0.1) is 0 Å². The van der Waals surface area contributed by atoms with Crippen LogP contribution in [0.2, 0.25) is 0 Å². The van der Waals surface area contributed by atoms with E-state index >= 15 is 0 Å². The van der Waals surface area contributed by atoms with E-state index in [9.17, 15) is 0 Å². The van der Waals surface area contributed by atoms with Gasteiger partial charge in [-0.05, 0) is 0 Å². The Morgan fingerprint density at radius 1 is 0.800 bits per heavy atom. The second-order valence-electron chi connectivity index (χ2n) is 1.00. The molecule has 0 saturated heterocycles. The van der Waals surface area contributed by atoms with Gasteiger partial charge in [-0.2, -0.15) is 0 Å². The van der Waals surface area contributed by atoms with Crippen LogP contribution in [0.1, 0.15) is 0 Å². The van der Waals surface area contributed by atoms with E-state index in [0.717, 1.165) is 0 Å². The summed E-state index contributed by atoms with van der Waals surface area (Å²) in [7, 11) is -9.53. The molecule has 0 bridgehead atoms. The van der Waals surface area contributed by atoms with Crippen molar-refractivity contribution in [2.45, 2.75) is 0 Å². The van der Waals surface area contributed by atoms with Crippen LogP contribution < -0.4 is 115 Å². The minimum atomic E-state index is -4.89. The van der Waals surface area contributed by atoms with Gasteiger partial charge in [0.1, 0.15) is 0 Å².